The number of halogens is 3. The van der Waals surface area contributed by atoms with Crippen LogP contribution in [0.3, 0.4) is 0 Å². The van der Waals surface area contributed by atoms with Crippen LogP contribution in [-0.4, -0.2) is 28.6 Å². The molecule has 20 heavy (non-hydrogen) atoms. The Morgan fingerprint density at radius 1 is 1.40 bits per heavy atom. The topological polar surface area (TPSA) is 27.1 Å². The van der Waals surface area contributed by atoms with E-state index in [1.807, 2.05) is 22.6 Å². The van der Waals surface area contributed by atoms with Gasteiger partial charge >= 0.3 is 0 Å². The van der Waals surface area contributed by atoms with Gasteiger partial charge < -0.3 is 9.30 Å². The Kier molecular flexibility index (Phi) is 4.47. The molecule has 3 nitrogen and oxygen atoms in total. The standard InChI is InChI=1S/C14H15ClFIN2O/c15-4-1-14-18-12-8-11(17)10(16)7-13(12)19(14)9-2-5-20-6-3-9/h7-9H,1-6H2. The van der Waals surface area contributed by atoms with Crippen molar-refractivity contribution in [1.82, 2.24) is 9.55 Å². The van der Waals surface area contributed by atoms with Crippen LogP contribution in [0.1, 0.15) is 24.7 Å². The van der Waals surface area contributed by atoms with Crippen LogP contribution in [0.2, 0.25) is 0 Å². The summed E-state index contributed by atoms with van der Waals surface area (Å²) < 4.78 is 22.1. The van der Waals surface area contributed by atoms with Crippen LogP contribution >= 0.6 is 34.2 Å². The van der Waals surface area contributed by atoms with E-state index in [0.29, 0.717) is 21.9 Å². The second kappa shape index (κ2) is 6.15. The SMILES string of the molecule is Fc1cc2c(cc1I)nc(CCCl)n2C1CCOCC1. The quantitative estimate of drug-likeness (QED) is 0.569. The second-order valence-corrected chi connectivity index (χ2v) is 6.48. The summed E-state index contributed by atoms with van der Waals surface area (Å²) in [4.78, 5) is 4.65. The number of hydrogen-bond donors (Lipinski definition) is 0. The second-order valence-electron chi connectivity index (χ2n) is 4.94. The van der Waals surface area contributed by atoms with Crippen LogP contribution in [0.15, 0.2) is 12.1 Å². The van der Waals surface area contributed by atoms with E-state index in [1.165, 1.54) is 0 Å². The monoisotopic (exact) mass is 408 g/mol. The minimum absolute atomic E-state index is 0.191. The minimum atomic E-state index is -0.191. The van der Waals surface area contributed by atoms with Gasteiger partial charge in [-0.25, -0.2) is 9.37 Å². The van der Waals surface area contributed by atoms with Crippen molar-refractivity contribution in [2.45, 2.75) is 25.3 Å². The molecule has 0 saturated carbocycles. The number of ether oxygens (including phenoxy) is 1. The van der Waals surface area contributed by atoms with Crippen molar-refractivity contribution < 1.29 is 9.13 Å². The lowest BCUT2D eigenvalue weighted by atomic mass is 10.1. The molecule has 1 saturated heterocycles. The molecule has 2 heterocycles. The van der Waals surface area contributed by atoms with Crippen molar-refractivity contribution in [2.24, 2.45) is 0 Å². The Hall–Kier alpha value is -0.400. The Bertz CT molecular complexity index is 625. The average molecular weight is 409 g/mol. The highest BCUT2D eigenvalue weighted by molar-refractivity contribution is 14.1. The predicted molar refractivity (Wildman–Crippen MR) is 85.9 cm³/mol. The lowest BCUT2D eigenvalue weighted by Crippen LogP contribution is -2.21. The molecular formula is C14H15ClFIN2O. The van der Waals surface area contributed by atoms with E-state index in [1.54, 1.807) is 12.1 Å². The van der Waals surface area contributed by atoms with Crippen LogP contribution in [-0.2, 0) is 11.2 Å². The van der Waals surface area contributed by atoms with E-state index >= 15 is 0 Å². The van der Waals surface area contributed by atoms with Crippen LogP contribution in [0.5, 0.6) is 0 Å². The number of imidazole rings is 1. The maximum atomic E-state index is 13.9. The molecule has 0 spiro atoms. The van der Waals surface area contributed by atoms with Crippen LogP contribution in [0.25, 0.3) is 11.0 Å². The van der Waals surface area contributed by atoms with E-state index in [4.69, 9.17) is 16.3 Å². The van der Waals surface area contributed by atoms with Crippen molar-refractivity contribution >= 4 is 45.2 Å². The lowest BCUT2D eigenvalue weighted by Gasteiger charge is -2.25. The number of nitrogens with zero attached hydrogens (tertiary/aromatic N) is 2. The van der Waals surface area contributed by atoms with E-state index in [-0.39, 0.29) is 5.82 Å². The number of aryl methyl sites for hydroxylation is 1. The first-order chi connectivity index (χ1) is 9.70. The molecule has 6 heteroatoms. The zero-order valence-corrected chi connectivity index (χ0v) is 13.8. The number of alkyl halides is 1. The summed E-state index contributed by atoms with van der Waals surface area (Å²) >= 11 is 7.88. The van der Waals surface area contributed by atoms with Crippen molar-refractivity contribution in [3.8, 4) is 0 Å². The third-order valence-electron chi connectivity index (χ3n) is 3.68. The maximum absolute atomic E-state index is 13.9. The van der Waals surface area contributed by atoms with Gasteiger partial charge in [0.25, 0.3) is 0 Å². The number of rotatable bonds is 3. The average Bonchev–Trinajstić information content (AvgIpc) is 2.78. The summed E-state index contributed by atoms with van der Waals surface area (Å²) in [5.74, 6) is 1.28. The molecule has 0 atom stereocenters. The molecule has 3 rings (SSSR count). The summed E-state index contributed by atoms with van der Waals surface area (Å²) in [6.45, 7) is 1.50. The fourth-order valence-corrected chi connectivity index (χ4v) is 3.37. The molecule has 0 bridgehead atoms. The van der Waals surface area contributed by atoms with E-state index in [2.05, 4.69) is 9.55 Å². The van der Waals surface area contributed by atoms with Crippen molar-refractivity contribution in [3.05, 3.63) is 27.3 Å². The first-order valence-electron chi connectivity index (χ1n) is 6.70. The molecule has 2 aromatic rings. The Morgan fingerprint density at radius 2 is 2.15 bits per heavy atom. The molecular weight excluding hydrogens is 394 g/mol. The molecule has 0 amide bonds. The van der Waals surface area contributed by atoms with Crippen molar-refractivity contribution in [2.75, 3.05) is 19.1 Å². The molecule has 0 N–H and O–H groups in total. The van der Waals surface area contributed by atoms with Gasteiger partial charge in [0.2, 0.25) is 0 Å². The number of aromatic nitrogens is 2. The molecule has 0 unspecified atom stereocenters. The number of benzene rings is 1. The zero-order valence-electron chi connectivity index (χ0n) is 10.9. The fourth-order valence-electron chi connectivity index (χ4n) is 2.75. The Balaban J connectivity index is 2.14. The summed E-state index contributed by atoms with van der Waals surface area (Å²) in [6, 6.07) is 3.72. The van der Waals surface area contributed by atoms with Crippen LogP contribution < -0.4 is 0 Å². The predicted octanol–water partition coefficient (Wildman–Crippen LogP) is 3.91. The Labute approximate surface area is 135 Å². The van der Waals surface area contributed by atoms with Gasteiger partial charge in [0, 0.05) is 37.6 Å². The van der Waals surface area contributed by atoms with Crippen molar-refractivity contribution in [1.29, 1.82) is 0 Å². The molecule has 1 aliphatic heterocycles. The zero-order chi connectivity index (χ0) is 14.1. The third kappa shape index (κ3) is 2.67. The van der Waals surface area contributed by atoms with Gasteiger partial charge in [0.1, 0.15) is 11.6 Å². The molecule has 0 radical (unpaired) electrons. The van der Waals surface area contributed by atoms with Crippen LogP contribution in [0.4, 0.5) is 4.39 Å². The molecule has 1 fully saturated rings. The fraction of sp³-hybridized carbons (Fsp3) is 0.500. The van der Waals surface area contributed by atoms with E-state index < -0.39 is 0 Å². The molecule has 1 aliphatic rings. The molecule has 1 aromatic carbocycles. The van der Waals surface area contributed by atoms with Crippen molar-refractivity contribution in [3.63, 3.8) is 0 Å². The summed E-state index contributed by atoms with van der Waals surface area (Å²) in [6.07, 6.45) is 2.58. The van der Waals surface area contributed by atoms with E-state index in [0.717, 1.165) is 42.9 Å². The summed E-state index contributed by atoms with van der Waals surface area (Å²) in [5.41, 5.74) is 1.72. The molecule has 1 aromatic heterocycles. The van der Waals surface area contributed by atoms with Gasteiger partial charge in [-0.15, -0.1) is 11.6 Å². The summed E-state index contributed by atoms with van der Waals surface area (Å²) in [5, 5.41) is 0. The number of hydrogen-bond acceptors (Lipinski definition) is 2. The molecule has 108 valence electrons. The maximum Gasteiger partial charge on any atom is 0.138 e. The Morgan fingerprint density at radius 3 is 2.85 bits per heavy atom. The van der Waals surface area contributed by atoms with Gasteiger partial charge in [-0.05, 0) is 41.5 Å². The summed E-state index contributed by atoms with van der Waals surface area (Å²) in [7, 11) is 0. The normalized spacial score (nSPS) is 16.9. The van der Waals surface area contributed by atoms with Gasteiger partial charge in [-0.3, -0.25) is 0 Å². The van der Waals surface area contributed by atoms with E-state index in [9.17, 15) is 4.39 Å². The lowest BCUT2D eigenvalue weighted by molar-refractivity contribution is 0.0699. The third-order valence-corrected chi connectivity index (χ3v) is 4.69. The first kappa shape index (κ1) is 14.5. The molecule has 0 aliphatic carbocycles. The highest BCUT2D eigenvalue weighted by Gasteiger charge is 2.22. The van der Waals surface area contributed by atoms with Gasteiger partial charge in [0.05, 0.1) is 14.6 Å². The largest absolute Gasteiger partial charge is 0.381 e. The first-order valence-corrected chi connectivity index (χ1v) is 8.31. The highest BCUT2D eigenvalue weighted by Crippen LogP contribution is 2.30. The van der Waals surface area contributed by atoms with Gasteiger partial charge in [-0.1, -0.05) is 0 Å². The smallest absolute Gasteiger partial charge is 0.138 e. The highest BCUT2D eigenvalue weighted by atomic mass is 127. The van der Waals surface area contributed by atoms with Gasteiger partial charge in [-0.2, -0.15) is 0 Å². The van der Waals surface area contributed by atoms with Gasteiger partial charge in [0.15, 0.2) is 0 Å². The van der Waals surface area contributed by atoms with Crippen LogP contribution in [0, 0.1) is 9.39 Å². The number of fused-ring (bicyclic) bond motifs is 1. The minimum Gasteiger partial charge on any atom is -0.381 e.